The Morgan fingerprint density at radius 1 is 1.39 bits per heavy atom. The summed E-state index contributed by atoms with van der Waals surface area (Å²) in [4.78, 5) is 36.7. The largest absolute Gasteiger partial charge is 0.319 e. The van der Waals surface area contributed by atoms with Crippen molar-refractivity contribution < 1.29 is 14.4 Å². The molecule has 0 aromatic heterocycles. The van der Waals surface area contributed by atoms with Crippen molar-refractivity contribution in [2.45, 2.75) is 46.2 Å². The van der Waals surface area contributed by atoms with E-state index in [4.69, 9.17) is 5.73 Å². The number of imide groups is 1. The van der Waals surface area contributed by atoms with Gasteiger partial charge in [-0.15, -0.1) is 0 Å². The van der Waals surface area contributed by atoms with Gasteiger partial charge in [-0.25, -0.2) is 0 Å². The third-order valence-electron chi connectivity index (χ3n) is 3.25. The molecule has 0 spiro atoms. The van der Waals surface area contributed by atoms with Crippen molar-refractivity contribution in [3.63, 3.8) is 0 Å². The normalized spacial score (nSPS) is 21.6. The van der Waals surface area contributed by atoms with Gasteiger partial charge in [0.25, 0.3) is 5.91 Å². The number of carbonyl (C=O) groups is 3. The van der Waals surface area contributed by atoms with Crippen molar-refractivity contribution in [3.05, 3.63) is 0 Å². The third-order valence-corrected chi connectivity index (χ3v) is 3.25. The van der Waals surface area contributed by atoms with Crippen LogP contribution in [0.1, 0.15) is 34.6 Å². The molecule has 1 rings (SSSR count). The predicted molar refractivity (Wildman–Crippen MR) is 66.4 cm³/mol. The van der Waals surface area contributed by atoms with Crippen LogP contribution in [0, 0.1) is 5.41 Å². The van der Waals surface area contributed by atoms with Crippen LogP contribution in [0.5, 0.6) is 0 Å². The second-order valence-corrected chi connectivity index (χ2v) is 6.20. The molecule has 1 saturated heterocycles. The molecule has 1 atom stereocenters. The Morgan fingerprint density at radius 2 is 1.89 bits per heavy atom. The fourth-order valence-electron chi connectivity index (χ4n) is 1.67. The number of carbonyl (C=O) groups excluding carboxylic acids is 3. The smallest absolute Gasteiger partial charge is 0.252 e. The summed E-state index contributed by atoms with van der Waals surface area (Å²) in [6, 6.07) is -0.754. The number of nitrogens with zero attached hydrogens (tertiary/aromatic N) is 1. The van der Waals surface area contributed by atoms with Gasteiger partial charge in [-0.1, -0.05) is 20.8 Å². The highest BCUT2D eigenvalue weighted by Gasteiger charge is 2.46. The van der Waals surface area contributed by atoms with Crippen molar-refractivity contribution >= 4 is 17.7 Å². The first-order valence-electron chi connectivity index (χ1n) is 5.89. The second kappa shape index (κ2) is 4.35. The van der Waals surface area contributed by atoms with Crippen molar-refractivity contribution in [3.8, 4) is 0 Å². The number of piperazine rings is 1. The van der Waals surface area contributed by atoms with Crippen LogP contribution < -0.4 is 11.1 Å². The zero-order chi connectivity index (χ0) is 14.3. The average molecular weight is 255 g/mol. The van der Waals surface area contributed by atoms with E-state index in [-0.39, 0.29) is 12.5 Å². The van der Waals surface area contributed by atoms with E-state index in [1.165, 1.54) is 4.90 Å². The molecule has 1 heterocycles. The molecule has 1 aliphatic heterocycles. The Kier molecular flexibility index (Phi) is 3.53. The van der Waals surface area contributed by atoms with Crippen molar-refractivity contribution in [2.24, 2.45) is 11.1 Å². The molecule has 3 amide bonds. The maximum absolute atomic E-state index is 12.3. The Labute approximate surface area is 107 Å². The molecule has 0 saturated carbocycles. The van der Waals surface area contributed by atoms with E-state index in [2.05, 4.69) is 5.32 Å². The average Bonchev–Trinajstić information content (AvgIpc) is 2.20. The van der Waals surface area contributed by atoms with Crippen LogP contribution in [-0.4, -0.2) is 40.7 Å². The van der Waals surface area contributed by atoms with Crippen LogP contribution in [0.25, 0.3) is 0 Å². The van der Waals surface area contributed by atoms with Gasteiger partial charge in [0.15, 0.2) is 0 Å². The molecule has 6 heteroatoms. The van der Waals surface area contributed by atoms with E-state index in [0.717, 1.165) is 0 Å². The quantitative estimate of drug-likeness (QED) is 0.625. The van der Waals surface area contributed by atoms with Crippen LogP contribution in [0.4, 0.5) is 0 Å². The van der Waals surface area contributed by atoms with Gasteiger partial charge in [-0.3, -0.25) is 19.7 Å². The van der Waals surface area contributed by atoms with Gasteiger partial charge >= 0.3 is 0 Å². The topological polar surface area (TPSA) is 92.5 Å². The van der Waals surface area contributed by atoms with Crippen LogP contribution in [0.15, 0.2) is 0 Å². The summed E-state index contributed by atoms with van der Waals surface area (Å²) in [7, 11) is 0. The lowest BCUT2D eigenvalue weighted by atomic mass is 9.85. The molecule has 3 N–H and O–H groups in total. The fourth-order valence-corrected chi connectivity index (χ4v) is 1.67. The summed E-state index contributed by atoms with van der Waals surface area (Å²) in [5, 5.41) is 2.22. The van der Waals surface area contributed by atoms with Gasteiger partial charge in [-0.2, -0.15) is 0 Å². The lowest BCUT2D eigenvalue weighted by Crippen LogP contribution is -2.68. The number of hydrogen-bond donors (Lipinski definition) is 2. The standard InChI is InChI=1S/C12H21N3O3/c1-11(2,3)8(13)9(17)15-6-7(16)14-10(18)12(15,4)5/h8H,6,13H2,1-5H3,(H,14,16,18)/t8-/m1/s1. The zero-order valence-electron chi connectivity index (χ0n) is 11.5. The Hall–Kier alpha value is -1.43. The highest BCUT2D eigenvalue weighted by molar-refractivity contribution is 6.06. The molecule has 1 aliphatic rings. The van der Waals surface area contributed by atoms with E-state index in [0.29, 0.717) is 0 Å². The summed E-state index contributed by atoms with van der Waals surface area (Å²) in [5.41, 5.74) is 4.41. The number of amides is 3. The molecule has 0 unspecified atom stereocenters. The lowest BCUT2D eigenvalue weighted by molar-refractivity contribution is -0.157. The summed E-state index contributed by atoms with van der Waals surface area (Å²) in [6.45, 7) is 8.59. The van der Waals surface area contributed by atoms with Gasteiger partial charge < -0.3 is 10.6 Å². The van der Waals surface area contributed by atoms with Gasteiger partial charge in [0, 0.05) is 0 Å². The molecular weight excluding hydrogens is 234 g/mol. The van der Waals surface area contributed by atoms with Crippen LogP contribution >= 0.6 is 0 Å². The molecule has 102 valence electrons. The first kappa shape index (κ1) is 14.6. The van der Waals surface area contributed by atoms with Crippen molar-refractivity contribution in [1.82, 2.24) is 10.2 Å². The Morgan fingerprint density at radius 3 is 2.33 bits per heavy atom. The molecule has 0 bridgehead atoms. The second-order valence-electron chi connectivity index (χ2n) is 6.20. The Balaban J connectivity index is 3.03. The highest BCUT2D eigenvalue weighted by Crippen LogP contribution is 2.24. The number of nitrogens with one attached hydrogen (secondary N) is 1. The van der Waals surface area contributed by atoms with E-state index in [9.17, 15) is 14.4 Å². The molecule has 0 radical (unpaired) electrons. The van der Waals surface area contributed by atoms with Gasteiger partial charge in [0.05, 0.1) is 6.04 Å². The SMILES string of the molecule is CC(C)(C)[C@H](N)C(=O)N1CC(=O)NC(=O)C1(C)C. The van der Waals surface area contributed by atoms with Crippen LogP contribution in [0.2, 0.25) is 0 Å². The lowest BCUT2D eigenvalue weighted by Gasteiger charge is -2.42. The first-order valence-corrected chi connectivity index (χ1v) is 5.89. The minimum atomic E-state index is -1.06. The van der Waals surface area contributed by atoms with Crippen LogP contribution in [-0.2, 0) is 14.4 Å². The zero-order valence-corrected chi connectivity index (χ0v) is 11.5. The van der Waals surface area contributed by atoms with Crippen LogP contribution in [0.3, 0.4) is 0 Å². The fraction of sp³-hybridized carbons (Fsp3) is 0.750. The first-order chi connectivity index (χ1) is 7.98. The monoisotopic (exact) mass is 255 g/mol. The summed E-state index contributed by atoms with van der Waals surface area (Å²) in [6.07, 6.45) is 0. The molecule has 6 nitrogen and oxygen atoms in total. The highest BCUT2D eigenvalue weighted by atomic mass is 16.2. The maximum atomic E-state index is 12.3. The summed E-state index contributed by atoms with van der Waals surface area (Å²) < 4.78 is 0. The van der Waals surface area contributed by atoms with Crippen molar-refractivity contribution in [2.75, 3.05) is 6.54 Å². The maximum Gasteiger partial charge on any atom is 0.252 e. The molecule has 18 heavy (non-hydrogen) atoms. The third kappa shape index (κ3) is 2.53. The van der Waals surface area contributed by atoms with Crippen molar-refractivity contribution in [1.29, 1.82) is 0 Å². The number of nitrogens with two attached hydrogens (primary N) is 1. The molecule has 0 aliphatic carbocycles. The summed E-state index contributed by atoms with van der Waals surface area (Å²) >= 11 is 0. The van der Waals surface area contributed by atoms with E-state index < -0.39 is 28.8 Å². The van der Waals surface area contributed by atoms with Gasteiger partial charge in [0.1, 0.15) is 12.1 Å². The summed E-state index contributed by atoms with van der Waals surface area (Å²) in [5.74, 6) is -1.34. The molecular formula is C12H21N3O3. The van der Waals surface area contributed by atoms with Gasteiger partial charge in [-0.05, 0) is 19.3 Å². The number of hydrogen-bond acceptors (Lipinski definition) is 4. The van der Waals surface area contributed by atoms with E-state index >= 15 is 0 Å². The minimum absolute atomic E-state index is 0.138. The minimum Gasteiger partial charge on any atom is -0.319 e. The van der Waals surface area contributed by atoms with Gasteiger partial charge in [0.2, 0.25) is 11.8 Å². The predicted octanol–water partition coefficient (Wildman–Crippen LogP) is -0.377. The molecule has 0 aromatic carbocycles. The van der Waals surface area contributed by atoms with E-state index in [1.807, 2.05) is 20.8 Å². The molecule has 1 fully saturated rings. The van der Waals surface area contributed by atoms with E-state index in [1.54, 1.807) is 13.8 Å². The Bertz CT molecular complexity index is 396. The number of rotatable bonds is 1. The molecule has 0 aromatic rings.